The van der Waals surface area contributed by atoms with Crippen LogP contribution in [-0.2, 0) is 17.9 Å². The summed E-state index contributed by atoms with van der Waals surface area (Å²) in [6.45, 7) is 0.340. The maximum Gasteiger partial charge on any atom is 0.293 e. The molecule has 0 bridgehead atoms. The Labute approximate surface area is 202 Å². The molecule has 0 aliphatic carbocycles. The summed E-state index contributed by atoms with van der Waals surface area (Å²) in [5.74, 6) is 0.196. The molecule has 2 heterocycles. The van der Waals surface area contributed by atoms with Crippen LogP contribution in [0.1, 0.15) is 16.8 Å². The Bertz CT molecular complexity index is 1220. The van der Waals surface area contributed by atoms with Gasteiger partial charge in [0.2, 0.25) is 0 Å². The predicted molar refractivity (Wildman–Crippen MR) is 127 cm³/mol. The fraction of sp³-hybridized carbons (Fsp3) is 0.125. The van der Waals surface area contributed by atoms with E-state index < -0.39 is 5.91 Å². The van der Waals surface area contributed by atoms with Crippen LogP contribution in [0, 0.1) is 5.82 Å². The molecule has 0 radical (unpaired) electrons. The number of imide groups is 1. The van der Waals surface area contributed by atoms with E-state index in [1.54, 1.807) is 36.5 Å². The molecule has 9 heteroatoms. The third-order valence-electron chi connectivity index (χ3n) is 4.77. The number of pyridine rings is 1. The molecule has 33 heavy (non-hydrogen) atoms. The van der Waals surface area contributed by atoms with E-state index in [9.17, 15) is 14.0 Å². The molecule has 1 fully saturated rings. The first-order chi connectivity index (χ1) is 15.9. The van der Waals surface area contributed by atoms with Gasteiger partial charge in [0.25, 0.3) is 11.1 Å². The van der Waals surface area contributed by atoms with Crippen molar-refractivity contribution in [3.63, 3.8) is 0 Å². The van der Waals surface area contributed by atoms with Crippen molar-refractivity contribution in [2.45, 2.75) is 13.2 Å². The number of amides is 2. The molecular weight excluding hydrogens is 511 g/mol. The van der Waals surface area contributed by atoms with Gasteiger partial charge in [0.1, 0.15) is 12.4 Å². The predicted octanol–water partition coefficient (Wildman–Crippen LogP) is 5.81. The van der Waals surface area contributed by atoms with Crippen LogP contribution in [0.15, 0.2) is 70.2 Å². The van der Waals surface area contributed by atoms with E-state index in [1.165, 1.54) is 19.2 Å². The molecule has 0 N–H and O–H groups in total. The smallest absolute Gasteiger partial charge is 0.293 e. The molecule has 168 valence electrons. The standard InChI is InChI=1S/C24H18BrFN2O4S/c1-31-20-11-16(10-19(25)22(20)32-14-18-4-2-3-9-27-18)12-21-23(29)28(24(30)33-21)13-15-5-7-17(26)8-6-15/h2-12H,13-14H2,1H3/b21-12-. The second kappa shape index (κ2) is 10.2. The highest BCUT2D eigenvalue weighted by atomic mass is 79.9. The van der Waals surface area contributed by atoms with E-state index in [0.29, 0.717) is 32.0 Å². The van der Waals surface area contributed by atoms with Gasteiger partial charge in [0.15, 0.2) is 11.5 Å². The van der Waals surface area contributed by atoms with Crippen molar-refractivity contribution in [3.05, 3.63) is 92.8 Å². The minimum absolute atomic E-state index is 0.0790. The van der Waals surface area contributed by atoms with E-state index in [4.69, 9.17) is 9.47 Å². The Balaban J connectivity index is 1.53. The normalized spacial score (nSPS) is 14.8. The van der Waals surface area contributed by atoms with Crippen LogP contribution in [0.2, 0.25) is 0 Å². The molecule has 4 rings (SSSR count). The van der Waals surface area contributed by atoms with Gasteiger partial charge in [0.05, 0.1) is 28.7 Å². The summed E-state index contributed by atoms with van der Waals surface area (Å²) in [6, 6.07) is 14.8. The van der Waals surface area contributed by atoms with Crippen molar-refractivity contribution in [2.24, 2.45) is 0 Å². The zero-order chi connectivity index (χ0) is 23.4. The number of hydrogen-bond donors (Lipinski definition) is 0. The van der Waals surface area contributed by atoms with E-state index in [0.717, 1.165) is 22.4 Å². The Morgan fingerprint density at radius 1 is 1.15 bits per heavy atom. The minimum atomic E-state index is -0.403. The first-order valence-electron chi connectivity index (χ1n) is 9.84. The molecular formula is C24H18BrFN2O4S. The van der Waals surface area contributed by atoms with Gasteiger partial charge in [-0.2, -0.15) is 0 Å². The number of ether oxygens (including phenoxy) is 2. The lowest BCUT2D eigenvalue weighted by Crippen LogP contribution is -2.27. The molecule has 0 unspecified atom stereocenters. The lowest BCUT2D eigenvalue weighted by molar-refractivity contribution is -0.123. The zero-order valence-electron chi connectivity index (χ0n) is 17.5. The molecule has 0 spiro atoms. The molecule has 0 saturated carbocycles. The lowest BCUT2D eigenvalue weighted by Gasteiger charge is -2.14. The van der Waals surface area contributed by atoms with Gasteiger partial charge in [0, 0.05) is 6.20 Å². The highest BCUT2D eigenvalue weighted by Crippen LogP contribution is 2.39. The van der Waals surface area contributed by atoms with Gasteiger partial charge in [-0.15, -0.1) is 0 Å². The molecule has 2 aromatic carbocycles. The lowest BCUT2D eigenvalue weighted by atomic mass is 10.1. The highest BCUT2D eigenvalue weighted by Gasteiger charge is 2.35. The van der Waals surface area contributed by atoms with Gasteiger partial charge in [-0.25, -0.2) is 4.39 Å². The Hall–Kier alpha value is -3.17. The van der Waals surface area contributed by atoms with Gasteiger partial charge in [-0.05, 0) is 81.3 Å². The minimum Gasteiger partial charge on any atom is -0.493 e. The first-order valence-corrected chi connectivity index (χ1v) is 11.5. The second-order valence-electron chi connectivity index (χ2n) is 7.04. The number of methoxy groups -OCH3 is 1. The number of aromatic nitrogens is 1. The number of hydrogen-bond acceptors (Lipinski definition) is 6. The molecule has 1 aliphatic heterocycles. The topological polar surface area (TPSA) is 68.7 Å². The SMILES string of the molecule is COc1cc(/C=C2\SC(=O)N(Cc3ccc(F)cc3)C2=O)cc(Br)c1OCc1ccccn1. The van der Waals surface area contributed by atoms with Crippen molar-refractivity contribution in [1.82, 2.24) is 9.88 Å². The quantitative estimate of drug-likeness (QED) is 0.360. The number of nitrogens with zero attached hydrogens (tertiary/aromatic N) is 2. The van der Waals surface area contributed by atoms with E-state index >= 15 is 0 Å². The number of carbonyl (C=O) groups excluding carboxylic acids is 2. The van der Waals surface area contributed by atoms with E-state index in [1.807, 2.05) is 18.2 Å². The summed E-state index contributed by atoms with van der Waals surface area (Å²) >= 11 is 4.36. The Morgan fingerprint density at radius 2 is 1.94 bits per heavy atom. The zero-order valence-corrected chi connectivity index (χ0v) is 19.9. The van der Waals surface area contributed by atoms with Crippen molar-refractivity contribution in [1.29, 1.82) is 0 Å². The molecule has 1 aromatic heterocycles. The molecule has 2 amide bonds. The maximum atomic E-state index is 13.1. The van der Waals surface area contributed by atoms with Crippen LogP contribution in [-0.4, -0.2) is 28.1 Å². The van der Waals surface area contributed by atoms with Crippen LogP contribution < -0.4 is 9.47 Å². The number of rotatable bonds is 7. The Morgan fingerprint density at radius 3 is 2.64 bits per heavy atom. The fourth-order valence-electron chi connectivity index (χ4n) is 3.15. The summed E-state index contributed by atoms with van der Waals surface area (Å²) in [6.07, 6.45) is 3.32. The maximum absolute atomic E-state index is 13.1. The van der Waals surface area contributed by atoms with Gasteiger partial charge < -0.3 is 9.47 Å². The third-order valence-corrected chi connectivity index (χ3v) is 6.26. The van der Waals surface area contributed by atoms with Crippen molar-refractivity contribution >= 4 is 44.9 Å². The third kappa shape index (κ3) is 5.43. The van der Waals surface area contributed by atoms with Gasteiger partial charge in [-0.3, -0.25) is 19.5 Å². The first kappa shape index (κ1) is 23.0. The second-order valence-corrected chi connectivity index (χ2v) is 8.89. The van der Waals surface area contributed by atoms with Gasteiger partial charge >= 0.3 is 0 Å². The molecule has 6 nitrogen and oxygen atoms in total. The van der Waals surface area contributed by atoms with Gasteiger partial charge in [-0.1, -0.05) is 18.2 Å². The van der Waals surface area contributed by atoms with E-state index in [-0.39, 0.29) is 24.2 Å². The highest BCUT2D eigenvalue weighted by molar-refractivity contribution is 9.10. The molecule has 0 atom stereocenters. The fourth-order valence-corrected chi connectivity index (χ4v) is 4.57. The Kier molecular flexibility index (Phi) is 7.10. The summed E-state index contributed by atoms with van der Waals surface area (Å²) in [4.78, 5) is 30.9. The summed E-state index contributed by atoms with van der Waals surface area (Å²) in [5, 5.41) is -0.378. The van der Waals surface area contributed by atoms with Crippen molar-refractivity contribution < 1.29 is 23.5 Å². The van der Waals surface area contributed by atoms with Crippen LogP contribution in [0.25, 0.3) is 6.08 Å². The largest absolute Gasteiger partial charge is 0.493 e. The van der Waals surface area contributed by atoms with Crippen molar-refractivity contribution in [3.8, 4) is 11.5 Å². The summed E-state index contributed by atoms with van der Waals surface area (Å²) < 4.78 is 25.1. The van der Waals surface area contributed by atoms with Crippen molar-refractivity contribution in [2.75, 3.05) is 7.11 Å². The molecule has 1 saturated heterocycles. The monoisotopic (exact) mass is 528 g/mol. The van der Waals surface area contributed by atoms with Crippen LogP contribution in [0.3, 0.4) is 0 Å². The number of halogens is 2. The average Bonchev–Trinajstić information content (AvgIpc) is 3.07. The summed E-state index contributed by atoms with van der Waals surface area (Å²) in [7, 11) is 1.52. The number of carbonyl (C=O) groups is 2. The summed E-state index contributed by atoms with van der Waals surface area (Å²) in [5.41, 5.74) is 2.10. The van der Waals surface area contributed by atoms with E-state index in [2.05, 4.69) is 20.9 Å². The number of thioether (sulfide) groups is 1. The molecule has 3 aromatic rings. The van der Waals surface area contributed by atoms with Crippen LogP contribution in [0.4, 0.5) is 9.18 Å². The van der Waals surface area contributed by atoms with Crippen LogP contribution in [0.5, 0.6) is 11.5 Å². The number of benzene rings is 2. The van der Waals surface area contributed by atoms with Crippen LogP contribution >= 0.6 is 27.7 Å². The molecule has 1 aliphatic rings. The average molecular weight is 529 g/mol.